The van der Waals surface area contributed by atoms with Crippen molar-refractivity contribution in [1.82, 2.24) is 48.8 Å². The van der Waals surface area contributed by atoms with Gasteiger partial charge in [0.2, 0.25) is 11.5 Å². The number of benzene rings is 4. The molecule has 3 N–H and O–H groups in total. The average Bonchev–Trinajstić information content (AvgIpc) is 1.10. The van der Waals surface area contributed by atoms with Gasteiger partial charge in [-0.2, -0.15) is 0 Å². The summed E-state index contributed by atoms with van der Waals surface area (Å²) in [5.74, 6) is 3.95. The molecule has 8 aliphatic rings. The van der Waals surface area contributed by atoms with Crippen LogP contribution in [-0.2, 0) is 96.3 Å². The van der Waals surface area contributed by atoms with Crippen LogP contribution in [-0.4, -0.2) is 84.1 Å². The summed E-state index contributed by atoms with van der Waals surface area (Å²) in [5, 5.41) is 20.9. The molecular formula is C90H100N12O10. The largest absolute Gasteiger partial charge is 0.515 e. The van der Waals surface area contributed by atoms with Crippen molar-refractivity contribution < 1.29 is 30.6 Å². The van der Waals surface area contributed by atoms with E-state index in [-0.39, 0.29) is 92.1 Å². The molecule has 2 saturated carbocycles. The third kappa shape index (κ3) is 13.5. The summed E-state index contributed by atoms with van der Waals surface area (Å²) in [6.07, 6.45) is 12.2. The Hall–Kier alpha value is -11.2. The number of allylic oxidation sites excluding steroid dienone is 3. The number of ketones is 3. The summed E-state index contributed by atoms with van der Waals surface area (Å²) >= 11 is 0. The summed E-state index contributed by atoms with van der Waals surface area (Å²) in [5.41, 5.74) is 11.9. The first-order valence-corrected chi connectivity index (χ1v) is 38.4. The van der Waals surface area contributed by atoms with E-state index in [9.17, 15) is 38.7 Å². The molecule has 1 unspecified atom stereocenters. The minimum atomic E-state index is -0.641. The fourth-order valence-corrected chi connectivity index (χ4v) is 20.3. The number of carbonyl (C=O) groups excluding carboxylic acids is 3. The van der Waals surface area contributed by atoms with Gasteiger partial charge in [0, 0.05) is 144 Å². The Morgan fingerprint density at radius 2 is 0.866 bits per heavy atom. The number of hydrogen-bond acceptors (Lipinski definition) is 16. The van der Waals surface area contributed by atoms with Crippen LogP contribution in [0.5, 0.6) is 0 Å². The summed E-state index contributed by atoms with van der Waals surface area (Å²) in [4.78, 5) is 117. The van der Waals surface area contributed by atoms with Crippen LogP contribution in [0.15, 0.2) is 175 Å². The van der Waals surface area contributed by atoms with Crippen LogP contribution < -0.4 is 27.7 Å². The Labute approximate surface area is 654 Å². The molecule has 13 atom stereocenters. The first-order chi connectivity index (χ1) is 54.1. The minimum absolute atomic E-state index is 0.00976. The second-order valence-electron chi connectivity index (χ2n) is 32.3. The number of aliphatic hydroxyl groups is 1. The van der Waals surface area contributed by atoms with Crippen molar-refractivity contribution in [3.63, 3.8) is 0 Å². The van der Waals surface area contributed by atoms with E-state index >= 15 is 0 Å². The smallest absolute Gasteiger partial charge is 0.282 e. The maximum atomic E-state index is 13.2. The predicted molar refractivity (Wildman–Crippen MR) is 430 cm³/mol. The van der Waals surface area contributed by atoms with Crippen molar-refractivity contribution in [1.29, 1.82) is 0 Å². The first-order valence-electron chi connectivity index (χ1n) is 39.4. The number of fused-ring (bicyclic) bond motifs is 13. The Balaban J connectivity index is 0.000000137. The van der Waals surface area contributed by atoms with E-state index in [0.29, 0.717) is 66.6 Å². The molecule has 0 radical (unpaired) electrons. The zero-order valence-corrected chi connectivity index (χ0v) is 66.3. The molecule has 22 nitrogen and oxygen atoms in total. The molecular weight excluding hydrogens is 1410 g/mol. The van der Waals surface area contributed by atoms with Gasteiger partial charge in [-0.3, -0.25) is 47.0 Å². The third-order valence-electron chi connectivity index (χ3n) is 26.1. The first kappa shape index (κ1) is 78.9. The number of aliphatic hydroxyl groups excluding tert-OH is 1. The molecule has 22 heteroatoms. The molecule has 4 aromatic carbocycles. The van der Waals surface area contributed by atoms with Crippen molar-refractivity contribution >= 4 is 17.3 Å². The molecule has 0 spiro atoms. The quantitative estimate of drug-likeness (QED) is 0.0639. The Kier molecular flexibility index (Phi) is 22.2. The molecule has 9 aromatic rings. The molecule has 0 aliphatic heterocycles. The normalized spacial score (nSPS) is 27.0. The number of hydroxylamine groups is 1. The van der Waals surface area contributed by atoms with Gasteiger partial charge in [0.05, 0.1) is 41.8 Å². The van der Waals surface area contributed by atoms with Crippen molar-refractivity contribution in [3.8, 4) is 45.6 Å². The van der Waals surface area contributed by atoms with Gasteiger partial charge < -0.3 is 24.5 Å². The minimum Gasteiger partial charge on any atom is -0.515 e. The second kappa shape index (κ2) is 31.5. The van der Waals surface area contributed by atoms with Crippen LogP contribution in [0, 0.1) is 54.6 Å². The van der Waals surface area contributed by atoms with Gasteiger partial charge in [0.15, 0.2) is 11.6 Å². The molecule has 5 heterocycles. The highest BCUT2D eigenvalue weighted by molar-refractivity contribution is 6.00. The van der Waals surface area contributed by atoms with E-state index in [4.69, 9.17) is 44.2 Å². The summed E-state index contributed by atoms with van der Waals surface area (Å²) in [6, 6.07) is 38.4. The molecule has 17 rings (SSSR count). The number of nitrogens with zero attached hydrogens (tertiary/aromatic N) is 11. The fourth-order valence-electron chi connectivity index (χ4n) is 20.3. The van der Waals surface area contributed by atoms with Gasteiger partial charge in [0.25, 0.3) is 28.3 Å². The number of rotatable bonds is 4. The van der Waals surface area contributed by atoms with E-state index in [2.05, 4.69) is 42.5 Å². The summed E-state index contributed by atoms with van der Waals surface area (Å²) in [6.45, 7) is 31.3. The van der Waals surface area contributed by atoms with Crippen molar-refractivity contribution in [2.45, 2.75) is 167 Å². The van der Waals surface area contributed by atoms with E-state index in [0.717, 1.165) is 124 Å². The molecule has 112 heavy (non-hydrogen) atoms. The van der Waals surface area contributed by atoms with E-state index in [1.54, 1.807) is 51.0 Å². The van der Waals surface area contributed by atoms with E-state index < -0.39 is 22.3 Å². The summed E-state index contributed by atoms with van der Waals surface area (Å²) in [7, 11) is 9.79. The van der Waals surface area contributed by atoms with Gasteiger partial charge in [-0.15, -0.1) is 0 Å². The van der Waals surface area contributed by atoms with E-state index in [1.165, 1.54) is 14.5 Å². The maximum absolute atomic E-state index is 13.2. The summed E-state index contributed by atoms with van der Waals surface area (Å²) < 4.78 is 17.9. The van der Waals surface area contributed by atoms with Crippen LogP contribution in [0.1, 0.15) is 165 Å². The lowest BCUT2D eigenvalue weighted by atomic mass is 9.55. The van der Waals surface area contributed by atoms with Gasteiger partial charge in [0.1, 0.15) is 29.1 Å². The lowest BCUT2D eigenvalue weighted by Gasteiger charge is -2.48. The van der Waals surface area contributed by atoms with Crippen LogP contribution in [0.25, 0.3) is 55.2 Å². The Bertz CT molecular complexity index is 5580. The average molecular weight is 1510 g/mol. The molecule has 5 aromatic heterocycles. The molecule has 580 valence electrons. The molecule has 2 fully saturated rings. The third-order valence-corrected chi connectivity index (χ3v) is 26.1. The molecule has 0 saturated heterocycles. The van der Waals surface area contributed by atoms with Gasteiger partial charge in [-0.25, -0.2) is 36.8 Å². The SMILES string of the molecule is CNO.C[C@@H]1C(=O)/C(=C\O)C[C@]2(C)c3nc(-c4ccccc4)n(C)c(=O)c3CC[C@@H]12.C[C@@H]1c2oncc2C[C@]2(C)c3nc(-c4ccccc4)n(C)c(=O)c3CC[C@@H]12.[3H]C.[C-]#[N+]C1=C[C@]2(C)c3nc(-c4ccccc4)n(C)c(=O)c3CC[C@H]2[C@H](C)C1=O.[C-]#[N+]C1C[C@]2(C)c3nc(-c4ccccc4)n(C)c(=O)c3CC[C@H]2[C@H](C)C1=O. The van der Waals surface area contributed by atoms with Crippen molar-refractivity contribution in [2.75, 3.05) is 7.05 Å². The highest BCUT2D eigenvalue weighted by atomic mass is 16.5. The fraction of sp³-hybridized carbons (Fsp3) is 0.422. The maximum Gasteiger partial charge on any atom is 0.282 e. The molecule has 0 amide bonds. The Morgan fingerprint density at radius 3 is 1.26 bits per heavy atom. The number of aromatic nitrogens is 9. The van der Waals surface area contributed by atoms with E-state index in [1.807, 2.05) is 162 Å². The standard InChI is InChI=1S/2C22H23N3O2.C22H21N3O2.C22H24N2O3.CH5NO.CH4/c1-13-17-10-9-16-19(22(17,2)11-15-12-23-27-18(13)15)24-20(25(3)21(16)26)14-7-5-4-6-8-14;2*1-13-16-11-10-15-19(22(16,2)12-17(23-3)18(13)26)24-20(25(4)21(15)27)14-8-6-5-7-9-14;1-13-17-10-9-16-19(22(17,2)11-15(12-25)18(13)26)23-20(24(3)21(16)27)14-7-5-4-6-8-14;1-2-3;/h4-8,12-13,17H,9-11H2,1-3H3;5-9,13,16-17H,10-12H2,1-2,4H3;5-9,12-13,16H,10-11H2,1-2,4H3;4-8,12-13,17,25H,9-11H2,1-3H3;2-3H,1H3;1H4/b;;;15-12-;;/t13-,17-,22-;13-,16-,17?,22-;13-,16-,22-;13-,17-,22-;;/m0000../s1/i;;;;;1T. The topological polar surface area (TPSA) is 278 Å². The van der Waals surface area contributed by atoms with Crippen LogP contribution in [0.4, 0.5) is 0 Å². The zero-order chi connectivity index (χ0) is 81.5. The highest BCUT2D eigenvalue weighted by Crippen LogP contribution is 2.56. The van der Waals surface area contributed by atoms with Crippen molar-refractivity contribution in [2.24, 2.45) is 69.6 Å². The number of carbonyl (C=O) groups is 3. The predicted octanol–water partition coefficient (Wildman–Crippen LogP) is 13.6. The zero-order valence-electron chi connectivity index (χ0n) is 67.3. The van der Waals surface area contributed by atoms with Crippen LogP contribution >= 0.6 is 0 Å². The monoisotopic (exact) mass is 1510 g/mol. The Morgan fingerprint density at radius 1 is 0.518 bits per heavy atom. The van der Waals surface area contributed by atoms with Gasteiger partial charge in [-0.05, 0) is 87.9 Å². The number of nitrogens with one attached hydrogen (secondary N) is 1. The van der Waals surface area contributed by atoms with Gasteiger partial charge in [-0.1, -0.05) is 195 Å². The van der Waals surface area contributed by atoms with Crippen LogP contribution in [0.2, 0.25) is 0 Å². The van der Waals surface area contributed by atoms with Crippen LogP contribution in [0.3, 0.4) is 0 Å². The molecule has 0 bridgehead atoms. The molecule has 8 aliphatic carbocycles. The number of Topliss-reactive ketones (excluding diaryl/α,β-unsaturated/α-hetero) is 3. The second-order valence-corrected chi connectivity index (χ2v) is 32.3. The lowest BCUT2D eigenvalue weighted by molar-refractivity contribution is -0.129. The van der Waals surface area contributed by atoms with Crippen molar-refractivity contribution in [3.05, 3.63) is 272 Å². The lowest BCUT2D eigenvalue weighted by Crippen LogP contribution is -2.53. The van der Waals surface area contributed by atoms with Gasteiger partial charge >= 0.3 is 0 Å². The number of hydrogen-bond donors (Lipinski definition) is 3. The highest BCUT2D eigenvalue weighted by Gasteiger charge is 2.57.